The second kappa shape index (κ2) is 9.01. The number of nitrogens with two attached hydrogens (primary N) is 1. The first-order chi connectivity index (χ1) is 10.1. The zero-order valence-electron chi connectivity index (χ0n) is 13.5. The van der Waals surface area contributed by atoms with E-state index in [-0.39, 0.29) is 24.4 Å². The maximum atomic E-state index is 12.3. The monoisotopic (exact) mass is 326 g/mol. The number of carbonyl (C=O) groups is 1. The number of nitrogens with zero attached hydrogens (tertiary/aromatic N) is 1. The molecule has 0 aromatic heterocycles. The molecule has 5 heteroatoms. The lowest BCUT2D eigenvalue weighted by Gasteiger charge is -2.29. The van der Waals surface area contributed by atoms with E-state index in [4.69, 9.17) is 10.5 Å². The van der Waals surface area contributed by atoms with Crippen LogP contribution in [0.2, 0.25) is 0 Å². The van der Waals surface area contributed by atoms with Gasteiger partial charge >= 0.3 is 0 Å². The van der Waals surface area contributed by atoms with Crippen LogP contribution in [-0.4, -0.2) is 31.0 Å². The lowest BCUT2D eigenvalue weighted by molar-refractivity contribution is -0.131. The van der Waals surface area contributed by atoms with Crippen LogP contribution < -0.4 is 10.5 Å². The van der Waals surface area contributed by atoms with Crippen LogP contribution in [0.4, 0.5) is 0 Å². The fraction of sp³-hybridized carbons (Fsp3) is 0.588. The number of methoxy groups -OCH3 is 1. The summed E-state index contributed by atoms with van der Waals surface area (Å²) >= 11 is 0. The molecule has 2 atom stereocenters. The highest BCUT2D eigenvalue weighted by Crippen LogP contribution is 2.26. The Bertz CT molecular complexity index is 464. The minimum Gasteiger partial charge on any atom is -0.497 e. The van der Waals surface area contributed by atoms with E-state index in [0.717, 1.165) is 24.2 Å². The number of hydrogen-bond acceptors (Lipinski definition) is 3. The van der Waals surface area contributed by atoms with Crippen LogP contribution in [0.25, 0.3) is 0 Å². The Morgan fingerprint density at radius 2 is 1.91 bits per heavy atom. The number of rotatable bonds is 5. The standard InChI is InChI=1S/C17H26N2O2.ClH/c1-19(12-13-7-9-15(21-2)10-8-13)17(20)11-14-5-3-4-6-16(14)18;/h7-10,14,16H,3-6,11-12,18H2,1-2H3;1H. The first-order valence-corrected chi connectivity index (χ1v) is 7.72. The van der Waals surface area contributed by atoms with E-state index < -0.39 is 0 Å². The van der Waals surface area contributed by atoms with Gasteiger partial charge in [-0.05, 0) is 36.5 Å². The van der Waals surface area contributed by atoms with Crippen molar-refractivity contribution >= 4 is 18.3 Å². The molecule has 0 radical (unpaired) electrons. The Morgan fingerprint density at radius 3 is 2.50 bits per heavy atom. The van der Waals surface area contributed by atoms with Gasteiger partial charge in [0.2, 0.25) is 5.91 Å². The first-order valence-electron chi connectivity index (χ1n) is 7.72. The minimum absolute atomic E-state index is 0. The topological polar surface area (TPSA) is 55.6 Å². The van der Waals surface area contributed by atoms with E-state index in [2.05, 4.69) is 0 Å². The van der Waals surface area contributed by atoms with Gasteiger partial charge in [-0.15, -0.1) is 12.4 Å². The van der Waals surface area contributed by atoms with E-state index in [0.29, 0.717) is 18.9 Å². The van der Waals surface area contributed by atoms with Gasteiger partial charge < -0.3 is 15.4 Å². The van der Waals surface area contributed by atoms with Crippen molar-refractivity contribution < 1.29 is 9.53 Å². The number of carbonyl (C=O) groups excluding carboxylic acids is 1. The summed E-state index contributed by atoms with van der Waals surface area (Å²) < 4.78 is 5.14. The summed E-state index contributed by atoms with van der Waals surface area (Å²) in [7, 11) is 3.51. The lowest BCUT2D eigenvalue weighted by Crippen LogP contribution is -2.37. The molecule has 0 bridgehead atoms. The Balaban J connectivity index is 0.00000242. The number of ether oxygens (including phenoxy) is 1. The Hall–Kier alpha value is -1.26. The summed E-state index contributed by atoms with van der Waals surface area (Å²) in [4.78, 5) is 14.1. The molecule has 1 saturated carbocycles. The quantitative estimate of drug-likeness (QED) is 0.905. The van der Waals surface area contributed by atoms with Crippen molar-refractivity contribution in [3.05, 3.63) is 29.8 Å². The van der Waals surface area contributed by atoms with Crippen LogP contribution in [-0.2, 0) is 11.3 Å². The molecule has 2 unspecified atom stereocenters. The molecule has 124 valence electrons. The van der Waals surface area contributed by atoms with Crippen LogP contribution in [0.15, 0.2) is 24.3 Å². The van der Waals surface area contributed by atoms with Gasteiger partial charge in [-0.3, -0.25) is 4.79 Å². The molecule has 2 N–H and O–H groups in total. The van der Waals surface area contributed by atoms with Gasteiger partial charge in [0.05, 0.1) is 7.11 Å². The van der Waals surface area contributed by atoms with E-state index >= 15 is 0 Å². The molecule has 1 aliphatic rings. The maximum Gasteiger partial charge on any atom is 0.222 e. The Morgan fingerprint density at radius 1 is 1.27 bits per heavy atom. The molecule has 0 aliphatic heterocycles. The van der Waals surface area contributed by atoms with Gasteiger partial charge in [-0.2, -0.15) is 0 Å². The summed E-state index contributed by atoms with van der Waals surface area (Å²) in [5, 5.41) is 0. The largest absolute Gasteiger partial charge is 0.497 e. The molecule has 0 saturated heterocycles. The molecule has 22 heavy (non-hydrogen) atoms. The van der Waals surface area contributed by atoms with Gasteiger partial charge in [-0.25, -0.2) is 0 Å². The van der Waals surface area contributed by atoms with E-state index in [1.165, 1.54) is 12.8 Å². The Kier molecular flexibility index (Phi) is 7.69. The predicted octanol–water partition coefficient (Wildman–Crippen LogP) is 2.98. The summed E-state index contributed by atoms with van der Waals surface area (Å²) in [5.41, 5.74) is 7.24. The summed E-state index contributed by atoms with van der Waals surface area (Å²) in [6, 6.07) is 8.02. The molecule has 0 spiro atoms. The molecular formula is C17H27ClN2O2. The van der Waals surface area contributed by atoms with Crippen LogP contribution in [0.1, 0.15) is 37.7 Å². The minimum atomic E-state index is 0. The Labute approximate surface area is 139 Å². The number of benzene rings is 1. The van der Waals surface area contributed by atoms with Crippen LogP contribution in [0.5, 0.6) is 5.75 Å². The van der Waals surface area contributed by atoms with Gasteiger partial charge in [0.1, 0.15) is 5.75 Å². The molecule has 4 nitrogen and oxygen atoms in total. The molecule has 1 aliphatic carbocycles. The zero-order valence-corrected chi connectivity index (χ0v) is 14.3. The third kappa shape index (κ3) is 5.18. The summed E-state index contributed by atoms with van der Waals surface area (Å²) in [5.74, 6) is 1.37. The van der Waals surface area contributed by atoms with Gasteiger partial charge in [0, 0.05) is 26.1 Å². The molecule has 0 heterocycles. The predicted molar refractivity (Wildman–Crippen MR) is 91.3 cm³/mol. The fourth-order valence-corrected chi connectivity index (χ4v) is 2.96. The second-order valence-electron chi connectivity index (χ2n) is 6.01. The first kappa shape index (κ1) is 18.8. The SMILES string of the molecule is COc1ccc(CN(C)C(=O)CC2CCCCC2N)cc1.Cl. The average Bonchev–Trinajstić information content (AvgIpc) is 2.50. The van der Waals surface area contributed by atoms with Gasteiger partial charge in [0.15, 0.2) is 0 Å². The van der Waals surface area contributed by atoms with E-state index in [9.17, 15) is 4.79 Å². The molecule has 1 fully saturated rings. The van der Waals surface area contributed by atoms with Crippen molar-refractivity contribution in [2.45, 2.75) is 44.7 Å². The van der Waals surface area contributed by atoms with Crippen LogP contribution in [0.3, 0.4) is 0 Å². The van der Waals surface area contributed by atoms with E-state index in [1.54, 1.807) is 12.0 Å². The highest BCUT2D eigenvalue weighted by molar-refractivity contribution is 5.85. The van der Waals surface area contributed by atoms with Crippen LogP contribution in [0, 0.1) is 5.92 Å². The number of amides is 1. The maximum absolute atomic E-state index is 12.3. The van der Waals surface area contributed by atoms with Crippen molar-refractivity contribution in [3.8, 4) is 5.75 Å². The molecule has 1 aromatic carbocycles. The van der Waals surface area contributed by atoms with Crippen molar-refractivity contribution in [1.29, 1.82) is 0 Å². The van der Waals surface area contributed by atoms with Crippen molar-refractivity contribution in [2.24, 2.45) is 11.7 Å². The smallest absolute Gasteiger partial charge is 0.222 e. The highest BCUT2D eigenvalue weighted by atomic mass is 35.5. The second-order valence-corrected chi connectivity index (χ2v) is 6.01. The van der Waals surface area contributed by atoms with Crippen molar-refractivity contribution in [3.63, 3.8) is 0 Å². The summed E-state index contributed by atoms with van der Waals surface area (Å²) in [6.07, 6.45) is 5.12. The van der Waals surface area contributed by atoms with E-state index in [1.807, 2.05) is 31.3 Å². The number of hydrogen-bond donors (Lipinski definition) is 1. The third-order valence-corrected chi connectivity index (χ3v) is 4.41. The molecular weight excluding hydrogens is 300 g/mol. The highest BCUT2D eigenvalue weighted by Gasteiger charge is 2.25. The summed E-state index contributed by atoms with van der Waals surface area (Å²) in [6.45, 7) is 0.630. The molecule has 1 amide bonds. The fourth-order valence-electron chi connectivity index (χ4n) is 2.96. The van der Waals surface area contributed by atoms with Gasteiger partial charge in [0.25, 0.3) is 0 Å². The molecule has 1 aromatic rings. The zero-order chi connectivity index (χ0) is 15.2. The van der Waals surface area contributed by atoms with Crippen molar-refractivity contribution in [2.75, 3.05) is 14.2 Å². The van der Waals surface area contributed by atoms with Crippen LogP contribution >= 0.6 is 12.4 Å². The van der Waals surface area contributed by atoms with Gasteiger partial charge in [-0.1, -0.05) is 25.0 Å². The normalized spacial score (nSPS) is 20.9. The van der Waals surface area contributed by atoms with Crippen molar-refractivity contribution in [1.82, 2.24) is 4.90 Å². The third-order valence-electron chi connectivity index (χ3n) is 4.41. The average molecular weight is 327 g/mol. The number of halogens is 1. The lowest BCUT2D eigenvalue weighted by atomic mass is 9.83. The molecule has 2 rings (SSSR count).